The summed E-state index contributed by atoms with van der Waals surface area (Å²) in [4.78, 5) is 49.6. The van der Waals surface area contributed by atoms with Crippen LogP contribution in [-0.2, 0) is 11.3 Å². The molecule has 1 atom stereocenters. The van der Waals surface area contributed by atoms with Gasteiger partial charge in [-0.3, -0.25) is 19.0 Å². The maximum Gasteiger partial charge on any atom is 0.261 e. The van der Waals surface area contributed by atoms with Crippen LogP contribution in [0.5, 0.6) is 0 Å². The Morgan fingerprint density at radius 2 is 1.77 bits per heavy atom. The Bertz CT molecular complexity index is 1600. The fourth-order valence-corrected chi connectivity index (χ4v) is 5.05. The summed E-state index contributed by atoms with van der Waals surface area (Å²) in [5.74, 6) is -0.611. The number of likely N-dealkylation sites (N-methyl/N-ethyl adjacent to an activating group) is 1. The number of hydrogen-bond donors (Lipinski definition) is 1. The molecule has 4 rings (SSSR count). The van der Waals surface area contributed by atoms with Crippen molar-refractivity contribution < 1.29 is 9.59 Å². The first-order valence-electron chi connectivity index (χ1n) is 12.8. The summed E-state index contributed by atoms with van der Waals surface area (Å²) in [7, 11) is 3.22. The van der Waals surface area contributed by atoms with E-state index in [2.05, 4.69) is 15.9 Å². The van der Waals surface area contributed by atoms with Crippen LogP contribution in [0.2, 0.25) is 5.02 Å². The molecule has 2 amide bonds. The number of benzene rings is 3. The molecule has 1 aromatic heterocycles. The lowest BCUT2D eigenvalue weighted by Crippen LogP contribution is -2.47. The molecule has 2 N–H and O–H groups in total. The van der Waals surface area contributed by atoms with Gasteiger partial charge >= 0.3 is 0 Å². The predicted octanol–water partition coefficient (Wildman–Crippen LogP) is 4.79. The number of amides is 2. The number of fused-ring (bicyclic) bond motifs is 1. The van der Waals surface area contributed by atoms with Crippen molar-refractivity contribution in [2.24, 2.45) is 5.73 Å². The van der Waals surface area contributed by atoms with Crippen molar-refractivity contribution in [3.8, 4) is 0 Å². The second-order valence-corrected chi connectivity index (χ2v) is 11.0. The zero-order valence-corrected chi connectivity index (χ0v) is 24.9. The Labute approximate surface area is 246 Å². The number of halogens is 2. The van der Waals surface area contributed by atoms with Gasteiger partial charge in [-0.05, 0) is 61.9 Å². The third-order valence-electron chi connectivity index (χ3n) is 6.63. The summed E-state index contributed by atoms with van der Waals surface area (Å²) in [5.41, 5.74) is 8.09. The average molecular weight is 625 g/mol. The highest BCUT2D eigenvalue weighted by Crippen LogP contribution is 2.27. The van der Waals surface area contributed by atoms with Crippen LogP contribution in [0.1, 0.15) is 39.8 Å². The topological polar surface area (TPSA) is 102 Å². The highest BCUT2D eigenvalue weighted by Gasteiger charge is 2.37. The van der Waals surface area contributed by atoms with Crippen LogP contribution in [0, 0.1) is 6.92 Å². The molecular formula is C30H31BrClN5O3. The van der Waals surface area contributed by atoms with Gasteiger partial charge in [-0.15, -0.1) is 0 Å². The molecule has 208 valence electrons. The molecule has 0 saturated carbocycles. The SMILES string of the molecule is Cc1ccc(C(=O)N(CCCN)C(C(=O)N(C)C)c2nc3cc(Cl)ccc3c(=O)n2Cc2ccccc2Br)cc1. The fraction of sp³-hybridized carbons (Fsp3) is 0.267. The van der Waals surface area contributed by atoms with Gasteiger partial charge in [0.15, 0.2) is 6.04 Å². The lowest BCUT2D eigenvalue weighted by atomic mass is 10.1. The van der Waals surface area contributed by atoms with E-state index >= 15 is 0 Å². The normalized spacial score (nSPS) is 11.8. The largest absolute Gasteiger partial charge is 0.347 e. The summed E-state index contributed by atoms with van der Waals surface area (Å²) in [6.45, 7) is 2.56. The first kappa shape index (κ1) is 29.5. The van der Waals surface area contributed by atoms with E-state index in [1.807, 2.05) is 43.3 Å². The number of carbonyl (C=O) groups is 2. The number of carbonyl (C=O) groups excluding carboxylic acids is 2. The minimum absolute atomic E-state index is 0.127. The lowest BCUT2D eigenvalue weighted by molar-refractivity contribution is -0.134. The van der Waals surface area contributed by atoms with E-state index in [0.29, 0.717) is 34.5 Å². The highest BCUT2D eigenvalue weighted by molar-refractivity contribution is 9.10. The number of aromatic nitrogens is 2. The Morgan fingerprint density at radius 1 is 1.07 bits per heavy atom. The molecule has 1 unspecified atom stereocenters. The Hall–Kier alpha value is -3.53. The zero-order chi connectivity index (χ0) is 29.0. The van der Waals surface area contributed by atoms with E-state index in [-0.39, 0.29) is 30.4 Å². The van der Waals surface area contributed by atoms with Crippen LogP contribution >= 0.6 is 27.5 Å². The maximum atomic E-state index is 14.0. The third kappa shape index (κ3) is 6.27. The zero-order valence-electron chi connectivity index (χ0n) is 22.6. The van der Waals surface area contributed by atoms with Crippen molar-refractivity contribution in [2.75, 3.05) is 27.2 Å². The van der Waals surface area contributed by atoms with E-state index in [9.17, 15) is 14.4 Å². The Morgan fingerprint density at radius 3 is 2.42 bits per heavy atom. The summed E-state index contributed by atoms with van der Waals surface area (Å²) in [5, 5.41) is 0.759. The smallest absolute Gasteiger partial charge is 0.261 e. The van der Waals surface area contributed by atoms with Crippen molar-refractivity contribution in [3.63, 3.8) is 0 Å². The lowest BCUT2D eigenvalue weighted by Gasteiger charge is -2.33. The summed E-state index contributed by atoms with van der Waals surface area (Å²) in [6, 6.07) is 18.3. The van der Waals surface area contributed by atoms with Gasteiger partial charge in [0, 0.05) is 35.7 Å². The molecule has 10 heteroatoms. The molecule has 4 aromatic rings. The molecule has 0 radical (unpaired) electrons. The first-order valence-corrected chi connectivity index (χ1v) is 14.0. The van der Waals surface area contributed by atoms with Crippen molar-refractivity contribution in [1.82, 2.24) is 19.4 Å². The second-order valence-electron chi connectivity index (χ2n) is 9.76. The molecule has 1 heterocycles. The maximum absolute atomic E-state index is 14.0. The number of aryl methyl sites for hydroxylation is 1. The van der Waals surface area contributed by atoms with Gasteiger partial charge in [0.2, 0.25) is 0 Å². The van der Waals surface area contributed by atoms with Gasteiger partial charge in [0.05, 0.1) is 17.4 Å². The van der Waals surface area contributed by atoms with Crippen LogP contribution in [-0.4, -0.2) is 58.4 Å². The van der Waals surface area contributed by atoms with E-state index in [1.54, 1.807) is 44.4 Å². The molecule has 0 aliphatic rings. The molecule has 8 nitrogen and oxygen atoms in total. The molecule has 0 saturated heterocycles. The van der Waals surface area contributed by atoms with E-state index in [4.69, 9.17) is 22.3 Å². The minimum atomic E-state index is -1.20. The fourth-order valence-electron chi connectivity index (χ4n) is 4.47. The minimum Gasteiger partial charge on any atom is -0.347 e. The highest BCUT2D eigenvalue weighted by atomic mass is 79.9. The van der Waals surface area contributed by atoms with Crippen molar-refractivity contribution in [1.29, 1.82) is 0 Å². The van der Waals surface area contributed by atoms with Crippen LogP contribution < -0.4 is 11.3 Å². The van der Waals surface area contributed by atoms with Crippen LogP contribution in [0.15, 0.2) is 76.0 Å². The molecule has 3 aromatic carbocycles. The number of hydrogen-bond acceptors (Lipinski definition) is 5. The quantitative estimate of drug-likeness (QED) is 0.289. The number of nitrogens with two attached hydrogens (primary N) is 1. The van der Waals surface area contributed by atoms with Crippen molar-refractivity contribution in [3.05, 3.63) is 109 Å². The summed E-state index contributed by atoms with van der Waals surface area (Å²) >= 11 is 9.84. The molecular weight excluding hydrogens is 594 g/mol. The standard InChI is InChI=1S/C30H31BrClN5O3/c1-19-9-11-20(12-10-19)28(38)36(16-6-15-33)26(30(40)35(2)3)27-34-25-17-22(32)13-14-23(25)29(39)37(27)18-21-7-4-5-8-24(21)31/h4-5,7-14,17,26H,6,15-16,18,33H2,1-3H3. The Kier molecular flexibility index (Phi) is 9.40. The van der Waals surface area contributed by atoms with Crippen molar-refractivity contribution >= 4 is 50.2 Å². The van der Waals surface area contributed by atoms with Gasteiger partial charge in [0.1, 0.15) is 5.82 Å². The van der Waals surface area contributed by atoms with Crippen LogP contribution in [0.3, 0.4) is 0 Å². The number of nitrogens with zero attached hydrogens (tertiary/aromatic N) is 4. The molecule has 0 spiro atoms. The average Bonchev–Trinajstić information content (AvgIpc) is 2.93. The van der Waals surface area contributed by atoms with Crippen LogP contribution in [0.25, 0.3) is 10.9 Å². The van der Waals surface area contributed by atoms with E-state index in [1.165, 1.54) is 14.4 Å². The van der Waals surface area contributed by atoms with Gasteiger partial charge in [-0.1, -0.05) is 63.4 Å². The molecule has 0 bridgehead atoms. The second kappa shape index (κ2) is 12.8. The van der Waals surface area contributed by atoms with Gasteiger partial charge < -0.3 is 15.5 Å². The monoisotopic (exact) mass is 623 g/mol. The van der Waals surface area contributed by atoms with Crippen LogP contribution in [0.4, 0.5) is 0 Å². The Balaban J connectivity index is 2.01. The predicted molar refractivity (Wildman–Crippen MR) is 162 cm³/mol. The van der Waals surface area contributed by atoms with Gasteiger partial charge in [-0.25, -0.2) is 4.98 Å². The first-order chi connectivity index (χ1) is 19.1. The summed E-state index contributed by atoms with van der Waals surface area (Å²) in [6.07, 6.45) is 0.447. The van der Waals surface area contributed by atoms with E-state index < -0.39 is 11.9 Å². The van der Waals surface area contributed by atoms with Gasteiger partial charge in [0.25, 0.3) is 17.4 Å². The molecule has 0 fully saturated rings. The molecule has 0 aliphatic heterocycles. The van der Waals surface area contributed by atoms with E-state index in [0.717, 1.165) is 15.6 Å². The summed E-state index contributed by atoms with van der Waals surface area (Å²) < 4.78 is 2.27. The third-order valence-corrected chi connectivity index (χ3v) is 7.64. The van der Waals surface area contributed by atoms with Gasteiger partial charge in [-0.2, -0.15) is 0 Å². The number of rotatable bonds is 9. The molecule has 40 heavy (non-hydrogen) atoms. The van der Waals surface area contributed by atoms with Crippen molar-refractivity contribution in [2.45, 2.75) is 25.9 Å². The molecule has 0 aliphatic carbocycles.